The molecule has 0 aromatic heterocycles. The molecule has 0 radical (unpaired) electrons. The number of fused-ring (bicyclic) bond motifs is 7. The molecule has 72 valence electrons. The third-order valence-electron chi connectivity index (χ3n) is 6.14. The summed E-state index contributed by atoms with van der Waals surface area (Å²) in [7, 11) is 0. The first kappa shape index (κ1) is 7.28. The Hall–Kier alpha value is -0.0400. The van der Waals surface area contributed by atoms with Gasteiger partial charge in [0.1, 0.15) is 0 Å². The zero-order valence-electron chi connectivity index (χ0n) is 8.55. The molecule has 6 unspecified atom stereocenters. The fourth-order valence-electron chi connectivity index (χ4n) is 5.17. The Morgan fingerprint density at radius 3 is 2.77 bits per heavy atom. The van der Waals surface area contributed by atoms with Crippen LogP contribution in [0.3, 0.4) is 0 Å². The third kappa shape index (κ3) is 0.538. The highest BCUT2D eigenvalue weighted by molar-refractivity contribution is 5.25. The van der Waals surface area contributed by atoms with Crippen molar-refractivity contribution in [2.24, 2.45) is 23.2 Å². The molecular formula is C12H18O. The first-order valence-corrected chi connectivity index (χ1v) is 5.84. The van der Waals surface area contributed by atoms with E-state index in [9.17, 15) is 0 Å². The molecule has 2 bridgehead atoms. The summed E-state index contributed by atoms with van der Waals surface area (Å²) in [5.74, 6) is 3.10. The molecule has 4 aliphatic rings. The molecule has 1 nitrogen and oxygen atoms in total. The second-order valence-electron chi connectivity index (χ2n) is 6.11. The van der Waals surface area contributed by atoms with Crippen LogP contribution >= 0.6 is 0 Å². The van der Waals surface area contributed by atoms with E-state index in [0.717, 1.165) is 17.8 Å². The Bertz CT molecular complexity index is 287. The minimum absolute atomic E-state index is 0.303. The summed E-state index contributed by atoms with van der Waals surface area (Å²) in [5, 5.41) is 0. The zero-order valence-corrected chi connectivity index (χ0v) is 8.55. The van der Waals surface area contributed by atoms with Crippen molar-refractivity contribution < 1.29 is 4.74 Å². The molecule has 3 saturated carbocycles. The van der Waals surface area contributed by atoms with Crippen LogP contribution in [0.25, 0.3) is 0 Å². The number of ether oxygens (including phenoxy) is 1. The minimum atomic E-state index is 0.303. The zero-order chi connectivity index (χ0) is 8.84. The van der Waals surface area contributed by atoms with Crippen molar-refractivity contribution >= 4 is 0 Å². The van der Waals surface area contributed by atoms with Gasteiger partial charge < -0.3 is 4.74 Å². The maximum atomic E-state index is 5.91. The Morgan fingerprint density at radius 1 is 1.15 bits per heavy atom. The van der Waals surface area contributed by atoms with Gasteiger partial charge in [-0.2, -0.15) is 0 Å². The van der Waals surface area contributed by atoms with Gasteiger partial charge in [-0.3, -0.25) is 0 Å². The fourth-order valence-corrected chi connectivity index (χ4v) is 5.17. The Kier molecular flexibility index (Phi) is 0.959. The minimum Gasteiger partial charge on any atom is -0.366 e. The van der Waals surface area contributed by atoms with Gasteiger partial charge in [0.2, 0.25) is 0 Å². The molecular weight excluding hydrogens is 160 g/mol. The fraction of sp³-hybridized carbons (Fsp3) is 1.00. The standard InChI is InChI=1S/C12H18O/c1-11-8-4-3-7(5-8)9(11)6-10-12(11,2)13-10/h7-10H,3-6H2,1-2H3. The summed E-state index contributed by atoms with van der Waals surface area (Å²) < 4.78 is 5.91. The van der Waals surface area contributed by atoms with Crippen molar-refractivity contribution in [2.75, 3.05) is 0 Å². The van der Waals surface area contributed by atoms with Crippen LogP contribution in [-0.4, -0.2) is 11.7 Å². The smallest absolute Gasteiger partial charge is 0.0979 e. The molecule has 0 N–H and O–H groups in total. The molecule has 1 heteroatoms. The van der Waals surface area contributed by atoms with Gasteiger partial charge >= 0.3 is 0 Å². The monoisotopic (exact) mass is 178 g/mol. The van der Waals surface area contributed by atoms with Gasteiger partial charge in [-0.15, -0.1) is 0 Å². The molecule has 13 heavy (non-hydrogen) atoms. The number of hydrogen-bond acceptors (Lipinski definition) is 1. The van der Waals surface area contributed by atoms with Crippen molar-refractivity contribution in [3.63, 3.8) is 0 Å². The average molecular weight is 178 g/mol. The van der Waals surface area contributed by atoms with Gasteiger partial charge in [0, 0.05) is 5.41 Å². The third-order valence-corrected chi connectivity index (χ3v) is 6.14. The lowest BCUT2D eigenvalue weighted by molar-refractivity contribution is 0.0103. The van der Waals surface area contributed by atoms with Crippen LogP contribution in [0.1, 0.15) is 39.5 Å². The van der Waals surface area contributed by atoms with Crippen molar-refractivity contribution in [1.82, 2.24) is 0 Å². The second kappa shape index (κ2) is 1.71. The Morgan fingerprint density at radius 2 is 2.00 bits per heavy atom. The number of epoxide rings is 1. The lowest BCUT2D eigenvalue weighted by atomic mass is 9.64. The lowest BCUT2D eigenvalue weighted by Gasteiger charge is -2.41. The van der Waals surface area contributed by atoms with Gasteiger partial charge in [-0.1, -0.05) is 6.92 Å². The van der Waals surface area contributed by atoms with E-state index in [0.29, 0.717) is 17.1 Å². The summed E-state index contributed by atoms with van der Waals surface area (Å²) >= 11 is 0. The van der Waals surface area contributed by atoms with E-state index in [1.807, 2.05) is 0 Å². The highest BCUT2D eigenvalue weighted by Gasteiger charge is 2.77. The first-order chi connectivity index (χ1) is 6.16. The van der Waals surface area contributed by atoms with Crippen LogP contribution in [-0.2, 0) is 4.74 Å². The molecule has 0 amide bonds. The van der Waals surface area contributed by atoms with E-state index in [1.54, 1.807) is 0 Å². The predicted octanol–water partition coefficient (Wildman–Crippen LogP) is 2.60. The van der Waals surface area contributed by atoms with Crippen molar-refractivity contribution in [3.8, 4) is 0 Å². The van der Waals surface area contributed by atoms with E-state index in [4.69, 9.17) is 4.74 Å². The van der Waals surface area contributed by atoms with Crippen LogP contribution in [0.4, 0.5) is 0 Å². The van der Waals surface area contributed by atoms with Crippen molar-refractivity contribution in [3.05, 3.63) is 0 Å². The lowest BCUT2D eigenvalue weighted by Crippen LogP contribution is -2.40. The van der Waals surface area contributed by atoms with Crippen LogP contribution in [0.5, 0.6) is 0 Å². The Labute approximate surface area is 79.8 Å². The molecule has 0 aromatic rings. The average Bonchev–Trinajstić information content (AvgIpc) is 2.52. The van der Waals surface area contributed by atoms with Gasteiger partial charge in [0.25, 0.3) is 0 Å². The molecule has 4 fully saturated rings. The van der Waals surface area contributed by atoms with Crippen LogP contribution in [0.15, 0.2) is 0 Å². The molecule has 3 aliphatic carbocycles. The quantitative estimate of drug-likeness (QED) is 0.519. The van der Waals surface area contributed by atoms with Gasteiger partial charge in [0.05, 0.1) is 11.7 Å². The van der Waals surface area contributed by atoms with Crippen LogP contribution in [0.2, 0.25) is 0 Å². The van der Waals surface area contributed by atoms with Crippen molar-refractivity contribution in [1.29, 1.82) is 0 Å². The molecule has 4 rings (SSSR count). The summed E-state index contributed by atoms with van der Waals surface area (Å²) in [5.41, 5.74) is 0.873. The van der Waals surface area contributed by atoms with Crippen molar-refractivity contribution in [2.45, 2.75) is 51.2 Å². The van der Waals surface area contributed by atoms with E-state index in [1.165, 1.54) is 25.7 Å². The SMILES string of the molecule is CC12OC1CC1C3CCC(C3)C12C. The van der Waals surface area contributed by atoms with Gasteiger partial charge in [0.15, 0.2) is 0 Å². The van der Waals surface area contributed by atoms with E-state index in [2.05, 4.69) is 13.8 Å². The summed E-state index contributed by atoms with van der Waals surface area (Å²) in [6, 6.07) is 0. The maximum absolute atomic E-state index is 5.91. The van der Waals surface area contributed by atoms with E-state index < -0.39 is 0 Å². The van der Waals surface area contributed by atoms with Crippen LogP contribution < -0.4 is 0 Å². The molecule has 1 aliphatic heterocycles. The summed E-state index contributed by atoms with van der Waals surface area (Å²) in [4.78, 5) is 0. The topological polar surface area (TPSA) is 12.5 Å². The van der Waals surface area contributed by atoms with Gasteiger partial charge in [-0.05, 0) is 50.4 Å². The van der Waals surface area contributed by atoms with Crippen LogP contribution in [0, 0.1) is 23.2 Å². The maximum Gasteiger partial charge on any atom is 0.0979 e. The molecule has 0 aromatic carbocycles. The highest BCUT2D eigenvalue weighted by atomic mass is 16.6. The second-order valence-corrected chi connectivity index (χ2v) is 6.11. The summed E-state index contributed by atoms with van der Waals surface area (Å²) in [6.45, 7) is 4.90. The summed E-state index contributed by atoms with van der Waals surface area (Å²) in [6.07, 6.45) is 6.56. The molecule has 6 atom stereocenters. The number of hydrogen-bond donors (Lipinski definition) is 0. The number of rotatable bonds is 0. The van der Waals surface area contributed by atoms with E-state index >= 15 is 0 Å². The largest absolute Gasteiger partial charge is 0.366 e. The van der Waals surface area contributed by atoms with Gasteiger partial charge in [-0.25, -0.2) is 0 Å². The van der Waals surface area contributed by atoms with E-state index in [-0.39, 0.29) is 0 Å². The predicted molar refractivity (Wildman–Crippen MR) is 50.3 cm³/mol. The molecule has 1 saturated heterocycles. The molecule has 1 heterocycles. The molecule has 0 spiro atoms. The highest BCUT2D eigenvalue weighted by Crippen LogP contribution is 2.75. The Balaban J connectivity index is 1.86. The first-order valence-electron chi connectivity index (χ1n) is 5.84. The normalized spacial score (nSPS) is 72.5.